The van der Waals surface area contributed by atoms with Crippen molar-refractivity contribution >= 4 is 22.5 Å². The van der Waals surface area contributed by atoms with E-state index in [1.54, 1.807) is 24.5 Å². The molecule has 3 N–H and O–H groups in total. The minimum absolute atomic E-state index is 0.0817. The fourth-order valence-electron chi connectivity index (χ4n) is 3.10. The Morgan fingerprint density at radius 2 is 1.92 bits per heavy atom. The number of amides is 1. The number of carbonyl (C=O) groups is 1. The fraction of sp³-hybridized carbons (Fsp3) is 0.100. The van der Waals surface area contributed by atoms with Gasteiger partial charge in [-0.2, -0.15) is 5.10 Å². The highest BCUT2D eigenvalue weighted by atomic mass is 19.1. The first kappa shape index (κ1) is 16.1. The van der Waals surface area contributed by atoms with Crippen molar-refractivity contribution in [3.05, 3.63) is 72.3 Å². The number of aryl methyl sites for hydroxylation is 1. The van der Waals surface area contributed by atoms with E-state index in [1.807, 2.05) is 24.3 Å². The zero-order chi connectivity index (χ0) is 17.9. The van der Waals surface area contributed by atoms with Crippen LogP contribution >= 0.6 is 0 Å². The Hall–Kier alpha value is -3.41. The summed E-state index contributed by atoms with van der Waals surface area (Å²) in [6, 6.07) is 14.3. The standard InChI is InChI=1S/C20H17FN4O/c21-14-7-5-13(6-8-14)20-17(16-3-1-2-4-18(16)25-20)9-10-19(26)24-15-11-22-23-12-15/h1-8,11-12,25H,9-10H2,(H,22,23)(H,24,26). The summed E-state index contributed by atoms with van der Waals surface area (Å²) in [6.07, 6.45) is 4.10. The van der Waals surface area contributed by atoms with Gasteiger partial charge < -0.3 is 10.3 Å². The van der Waals surface area contributed by atoms with Gasteiger partial charge >= 0.3 is 0 Å². The van der Waals surface area contributed by atoms with Gasteiger partial charge in [0.15, 0.2) is 0 Å². The molecule has 0 radical (unpaired) electrons. The van der Waals surface area contributed by atoms with Crippen molar-refractivity contribution in [2.75, 3.05) is 5.32 Å². The zero-order valence-electron chi connectivity index (χ0n) is 13.9. The van der Waals surface area contributed by atoms with Crippen LogP contribution in [0.4, 0.5) is 10.1 Å². The van der Waals surface area contributed by atoms with E-state index in [4.69, 9.17) is 0 Å². The van der Waals surface area contributed by atoms with Crippen LogP contribution in [-0.2, 0) is 11.2 Å². The Morgan fingerprint density at radius 1 is 1.12 bits per heavy atom. The van der Waals surface area contributed by atoms with Crippen molar-refractivity contribution in [1.29, 1.82) is 0 Å². The average molecular weight is 348 g/mol. The predicted octanol–water partition coefficient (Wildman–Crippen LogP) is 4.27. The molecular weight excluding hydrogens is 331 g/mol. The summed E-state index contributed by atoms with van der Waals surface area (Å²) in [5, 5.41) is 10.4. The minimum atomic E-state index is -0.272. The quantitative estimate of drug-likeness (QED) is 0.504. The van der Waals surface area contributed by atoms with Crippen molar-refractivity contribution in [2.45, 2.75) is 12.8 Å². The van der Waals surface area contributed by atoms with E-state index in [0.29, 0.717) is 18.5 Å². The van der Waals surface area contributed by atoms with E-state index in [-0.39, 0.29) is 11.7 Å². The van der Waals surface area contributed by atoms with Gasteiger partial charge in [-0.3, -0.25) is 9.89 Å². The maximum absolute atomic E-state index is 13.3. The molecule has 4 rings (SSSR count). The summed E-state index contributed by atoms with van der Waals surface area (Å²) >= 11 is 0. The number of rotatable bonds is 5. The van der Waals surface area contributed by atoms with Crippen LogP contribution in [0.1, 0.15) is 12.0 Å². The summed E-state index contributed by atoms with van der Waals surface area (Å²) in [5.41, 5.74) is 4.51. The molecule has 1 amide bonds. The molecule has 0 aliphatic carbocycles. The molecule has 6 heteroatoms. The highest BCUT2D eigenvalue weighted by Crippen LogP contribution is 2.31. The number of carbonyl (C=O) groups excluding carboxylic acids is 1. The van der Waals surface area contributed by atoms with Gasteiger partial charge in [-0.05, 0) is 47.9 Å². The maximum atomic E-state index is 13.3. The number of para-hydroxylation sites is 1. The van der Waals surface area contributed by atoms with Gasteiger partial charge in [-0.25, -0.2) is 4.39 Å². The van der Waals surface area contributed by atoms with Crippen molar-refractivity contribution in [2.24, 2.45) is 0 Å². The Kier molecular flexibility index (Phi) is 4.23. The van der Waals surface area contributed by atoms with Gasteiger partial charge in [0, 0.05) is 29.2 Å². The average Bonchev–Trinajstić information content (AvgIpc) is 3.28. The SMILES string of the molecule is O=C(CCc1c(-c2ccc(F)cc2)[nH]c2ccccc12)Nc1cn[nH]c1. The van der Waals surface area contributed by atoms with Crippen molar-refractivity contribution in [3.63, 3.8) is 0 Å². The lowest BCUT2D eigenvalue weighted by Gasteiger charge is -2.06. The largest absolute Gasteiger partial charge is 0.354 e. The number of aromatic amines is 2. The molecule has 0 atom stereocenters. The summed E-state index contributed by atoms with van der Waals surface area (Å²) in [6.45, 7) is 0. The third-order valence-electron chi connectivity index (χ3n) is 4.33. The Bertz CT molecular complexity index is 1040. The van der Waals surface area contributed by atoms with Crippen LogP contribution in [0.15, 0.2) is 60.9 Å². The second-order valence-corrected chi connectivity index (χ2v) is 6.07. The fourth-order valence-corrected chi connectivity index (χ4v) is 3.10. The van der Waals surface area contributed by atoms with Gasteiger partial charge in [-0.15, -0.1) is 0 Å². The molecular formula is C20H17FN4O. The van der Waals surface area contributed by atoms with Crippen LogP contribution in [0.3, 0.4) is 0 Å². The summed E-state index contributed by atoms with van der Waals surface area (Å²) < 4.78 is 13.3. The molecule has 0 saturated heterocycles. The van der Waals surface area contributed by atoms with E-state index < -0.39 is 0 Å². The molecule has 2 heterocycles. The van der Waals surface area contributed by atoms with E-state index in [2.05, 4.69) is 20.5 Å². The highest BCUT2D eigenvalue weighted by Gasteiger charge is 2.14. The molecule has 0 saturated carbocycles. The Morgan fingerprint density at radius 3 is 2.69 bits per heavy atom. The van der Waals surface area contributed by atoms with Crippen LogP contribution in [0, 0.1) is 5.82 Å². The molecule has 0 bridgehead atoms. The predicted molar refractivity (Wildman–Crippen MR) is 99.2 cm³/mol. The van der Waals surface area contributed by atoms with Crippen molar-refractivity contribution in [3.8, 4) is 11.3 Å². The maximum Gasteiger partial charge on any atom is 0.224 e. The Labute approximate surface area is 149 Å². The van der Waals surface area contributed by atoms with Gasteiger partial charge in [0.1, 0.15) is 5.82 Å². The molecule has 130 valence electrons. The first-order valence-corrected chi connectivity index (χ1v) is 8.35. The van der Waals surface area contributed by atoms with Gasteiger partial charge in [0.05, 0.1) is 11.9 Å². The highest BCUT2D eigenvalue weighted by molar-refractivity contribution is 5.93. The molecule has 0 fully saturated rings. The van der Waals surface area contributed by atoms with Crippen molar-refractivity contribution < 1.29 is 9.18 Å². The number of aromatic nitrogens is 3. The topological polar surface area (TPSA) is 73.6 Å². The summed E-state index contributed by atoms with van der Waals surface area (Å²) in [4.78, 5) is 15.6. The number of fused-ring (bicyclic) bond motifs is 1. The van der Waals surface area contributed by atoms with E-state index in [1.165, 1.54) is 12.1 Å². The van der Waals surface area contributed by atoms with Gasteiger partial charge in [0.25, 0.3) is 0 Å². The van der Waals surface area contributed by atoms with Crippen LogP contribution in [0.5, 0.6) is 0 Å². The number of hydrogen-bond donors (Lipinski definition) is 3. The molecule has 0 spiro atoms. The van der Waals surface area contributed by atoms with Crippen molar-refractivity contribution in [1.82, 2.24) is 15.2 Å². The molecule has 2 aromatic carbocycles. The molecule has 0 aliphatic heterocycles. The summed E-state index contributed by atoms with van der Waals surface area (Å²) in [7, 11) is 0. The van der Waals surface area contributed by atoms with Crippen LogP contribution in [-0.4, -0.2) is 21.1 Å². The smallest absolute Gasteiger partial charge is 0.224 e. The number of benzene rings is 2. The summed E-state index contributed by atoms with van der Waals surface area (Å²) in [5.74, 6) is -0.354. The van der Waals surface area contributed by atoms with E-state index >= 15 is 0 Å². The number of hydrogen-bond acceptors (Lipinski definition) is 2. The third-order valence-corrected chi connectivity index (χ3v) is 4.33. The van der Waals surface area contributed by atoms with E-state index in [0.717, 1.165) is 27.7 Å². The lowest BCUT2D eigenvalue weighted by atomic mass is 10.0. The molecule has 0 aliphatic rings. The normalized spacial score (nSPS) is 11.0. The number of anilines is 1. The number of nitrogens with one attached hydrogen (secondary N) is 3. The van der Waals surface area contributed by atoms with Gasteiger partial charge in [-0.1, -0.05) is 18.2 Å². The second-order valence-electron chi connectivity index (χ2n) is 6.07. The minimum Gasteiger partial charge on any atom is -0.354 e. The monoisotopic (exact) mass is 348 g/mol. The lowest BCUT2D eigenvalue weighted by molar-refractivity contribution is -0.116. The molecule has 0 unspecified atom stereocenters. The molecule has 2 aromatic heterocycles. The molecule has 4 aromatic rings. The van der Waals surface area contributed by atoms with E-state index in [9.17, 15) is 9.18 Å². The Balaban J connectivity index is 1.63. The number of nitrogens with zero attached hydrogens (tertiary/aromatic N) is 1. The van der Waals surface area contributed by atoms with Crippen LogP contribution < -0.4 is 5.32 Å². The number of halogens is 1. The molecule has 5 nitrogen and oxygen atoms in total. The zero-order valence-corrected chi connectivity index (χ0v) is 13.9. The second kappa shape index (κ2) is 6.84. The van der Waals surface area contributed by atoms with Crippen LogP contribution in [0.2, 0.25) is 0 Å². The number of H-pyrrole nitrogens is 2. The van der Waals surface area contributed by atoms with Crippen LogP contribution in [0.25, 0.3) is 22.2 Å². The third kappa shape index (κ3) is 3.21. The lowest BCUT2D eigenvalue weighted by Crippen LogP contribution is -2.11. The first-order valence-electron chi connectivity index (χ1n) is 8.35. The molecule has 26 heavy (non-hydrogen) atoms. The first-order chi connectivity index (χ1) is 12.7. The van der Waals surface area contributed by atoms with Gasteiger partial charge in [0.2, 0.25) is 5.91 Å².